The molecule has 0 atom stereocenters. The van der Waals surface area contributed by atoms with E-state index >= 15 is 0 Å². The molecule has 0 amide bonds. The number of hydrogen-bond acceptors (Lipinski definition) is 5. The maximum Gasteiger partial charge on any atom is 0.243 e. The van der Waals surface area contributed by atoms with Gasteiger partial charge in [0.05, 0.1) is 19.3 Å². The molecule has 0 saturated heterocycles. The summed E-state index contributed by atoms with van der Waals surface area (Å²) in [5.41, 5.74) is 0. The summed E-state index contributed by atoms with van der Waals surface area (Å²) in [7, 11) is -1.68. The first-order valence-corrected chi connectivity index (χ1v) is 7.74. The first-order valence-electron chi connectivity index (χ1n) is 6.26. The topological polar surface area (TPSA) is 93.8 Å². The minimum Gasteiger partial charge on any atom is -0.318 e. The lowest BCUT2D eigenvalue weighted by Gasteiger charge is -2.04. The van der Waals surface area contributed by atoms with Crippen LogP contribution in [0, 0.1) is 0 Å². The summed E-state index contributed by atoms with van der Waals surface area (Å²) in [4.78, 5) is 0.175. The molecule has 0 aliphatic carbocycles. The minimum atomic E-state index is -3.51. The highest BCUT2D eigenvalue weighted by Crippen LogP contribution is 2.06. The third-order valence-electron chi connectivity index (χ3n) is 2.70. The number of hydrogen-bond donors (Lipinski definition) is 2. The molecule has 0 unspecified atom stereocenters. The van der Waals surface area contributed by atoms with Crippen LogP contribution in [0.1, 0.15) is 0 Å². The maximum atomic E-state index is 12.0. The Bertz CT molecular complexity index is 619. The van der Waals surface area contributed by atoms with Crippen molar-refractivity contribution in [3.8, 4) is 0 Å². The highest BCUT2D eigenvalue weighted by atomic mass is 32.2. The van der Waals surface area contributed by atoms with E-state index in [9.17, 15) is 8.42 Å². The van der Waals surface area contributed by atoms with E-state index in [1.165, 1.54) is 12.4 Å². The summed E-state index contributed by atoms with van der Waals surface area (Å²) in [6.45, 7) is 2.12. The number of nitrogens with zero attached hydrogens (tertiary/aromatic N) is 4. The number of rotatable bonds is 8. The number of likely N-dealkylation sites (N-methyl/N-ethyl adjacent to an activating group) is 1. The molecule has 2 aromatic heterocycles. The second kappa shape index (κ2) is 6.64. The number of sulfonamides is 1. The molecule has 0 aliphatic heterocycles. The zero-order valence-corrected chi connectivity index (χ0v) is 12.0. The molecule has 2 N–H and O–H groups in total. The van der Waals surface area contributed by atoms with Crippen LogP contribution >= 0.6 is 0 Å². The molecule has 2 rings (SSSR count). The Labute approximate surface area is 117 Å². The number of nitrogens with one attached hydrogen (secondary N) is 2. The third-order valence-corrected chi connectivity index (χ3v) is 4.12. The summed E-state index contributed by atoms with van der Waals surface area (Å²) < 4.78 is 29.9. The molecule has 9 heteroatoms. The van der Waals surface area contributed by atoms with Gasteiger partial charge in [0.1, 0.15) is 4.90 Å². The van der Waals surface area contributed by atoms with E-state index in [1.54, 1.807) is 27.8 Å². The fraction of sp³-hybridized carbons (Fsp3) is 0.455. The first kappa shape index (κ1) is 14.7. The fourth-order valence-corrected chi connectivity index (χ4v) is 2.62. The molecule has 2 heterocycles. The van der Waals surface area contributed by atoms with Crippen molar-refractivity contribution in [3.05, 3.63) is 30.9 Å². The van der Waals surface area contributed by atoms with Crippen molar-refractivity contribution >= 4 is 10.0 Å². The SMILES string of the molecule is CNCCn1cc(S(=O)(=O)NCCn2cccn2)cn1. The fourth-order valence-electron chi connectivity index (χ4n) is 1.64. The normalized spacial score (nSPS) is 11.8. The Balaban J connectivity index is 1.90. The smallest absolute Gasteiger partial charge is 0.243 e. The quantitative estimate of drug-likeness (QED) is 0.670. The van der Waals surface area contributed by atoms with Gasteiger partial charge < -0.3 is 5.32 Å². The van der Waals surface area contributed by atoms with E-state index in [0.29, 0.717) is 13.1 Å². The molecule has 8 nitrogen and oxygen atoms in total. The van der Waals surface area contributed by atoms with Crippen molar-refractivity contribution < 1.29 is 8.42 Å². The van der Waals surface area contributed by atoms with Crippen LogP contribution in [-0.4, -0.2) is 48.1 Å². The van der Waals surface area contributed by atoms with Gasteiger partial charge in [0, 0.05) is 31.7 Å². The summed E-state index contributed by atoms with van der Waals surface area (Å²) in [6, 6.07) is 1.79. The van der Waals surface area contributed by atoms with Crippen LogP contribution in [0.3, 0.4) is 0 Å². The van der Waals surface area contributed by atoms with Crippen LogP contribution in [0.15, 0.2) is 35.7 Å². The van der Waals surface area contributed by atoms with Gasteiger partial charge in [-0.15, -0.1) is 0 Å². The zero-order valence-electron chi connectivity index (χ0n) is 11.2. The van der Waals surface area contributed by atoms with Crippen LogP contribution in [0.25, 0.3) is 0 Å². The van der Waals surface area contributed by atoms with Crippen LogP contribution in [0.4, 0.5) is 0 Å². The molecule has 0 aliphatic rings. The van der Waals surface area contributed by atoms with Gasteiger partial charge in [-0.3, -0.25) is 9.36 Å². The lowest BCUT2D eigenvalue weighted by molar-refractivity contribution is 0.559. The van der Waals surface area contributed by atoms with Gasteiger partial charge in [-0.2, -0.15) is 10.2 Å². The van der Waals surface area contributed by atoms with Crippen molar-refractivity contribution in [1.82, 2.24) is 29.6 Å². The van der Waals surface area contributed by atoms with Crippen molar-refractivity contribution in [2.75, 3.05) is 20.1 Å². The second-order valence-electron chi connectivity index (χ2n) is 4.21. The first-order chi connectivity index (χ1) is 9.62. The summed E-state index contributed by atoms with van der Waals surface area (Å²) in [5.74, 6) is 0. The molecule has 0 radical (unpaired) electrons. The zero-order chi connectivity index (χ0) is 14.4. The van der Waals surface area contributed by atoms with E-state index in [2.05, 4.69) is 20.2 Å². The average Bonchev–Trinajstić information content (AvgIpc) is 3.07. The van der Waals surface area contributed by atoms with Gasteiger partial charge in [-0.1, -0.05) is 0 Å². The van der Waals surface area contributed by atoms with Crippen molar-refractivity contribution in [2.45, 2.75) is 18.0 Å². The standard InChI is InChI=1S/C11H18N6O2S/c1-12-4-7-17-10-11(9-14-17)20(18,19)15-5-8-16-6-2-3-13-16/h2-3,6,9-10,12,15H,4-5,7-8H2,1H3. The van der Waals surface area contributed by atoms with Crippen molar-refractivity contribution in [1.29, 1.82) is 0 Å². The second-order valence-corrected chi connectivity index (χ2v) is 5.98. The summed E-state index contributed by atoms with van der Waals surface area (Å²) >= 11 is 0. The highest BCUT2D eigenvalue weighted by Gasteiger charge is 2.15. The largest absolute Gasteiger partial charge is 0.318 e. The average molecular weight is 298 g/mol. The van der Waals surface area contributed by atoms with Gasteiger partial charge in [0.2, 0.25) is 10.0 Å². The molecule has 2 aromatic rings. The maximum absolute atomic E-state index is 12.0. The molecule has 110 valence electrons. The third kappa shape index (κ3) is 3.89. The lowest BCUT2D eigenvalue weighted by atomic mass is 10.6. The Morgan fingerprint density at radius 2 is 2.00 bits per heavy atom. The van der Waals surface area contributed by atoms with Crippen molar-refractivity contribution in [2.24, 2.45) is 0 Å². The van der Waals surface area contributed by atoms with E-state index in [0.717, 1.165) is 6.54 Å². The van der Waals surface area contributed by atoms with Gasteiger partial charge in [0.15, 0.2) is 0 Å². The van der Waals surface area contributed by atoms with Crippen LogP contribution in [0.5, 0.6) is 0 Å². The van der Waals surface area contributed by atoms with E-state index in [-0.39, 0.29) is 11.4 Å². The Hall–Kier alpha value is -1.71. The molecular weight excluding hydrogens is 280 g/mol. The van der Waals surface area contributed by atoms with Gasteiger partial charge >= 0.3 is 0 Å². The molecule has 0 fully saturated rings. The van der Waals surface area contributed by atoms with Crippen LogP contribution in [-0.2, 0) is 23.1 Å². The van der Waals surface area contributed by atoms with Crippen LogP contribution in [0.2, 0.25) is 0 Å². The van der Waals surface area contributed by atoms with Crippen LogP contribution < -0.4 is 10.0 Å². The van der Waals surface area contributed by atoms with Gasteiger partial charge in [-0.25, -0.2) is 13.1 Å². The molecule has 0 saturated carbocycles. The Kier molecular flexibility index (Phi) is 4.88. The predicted molar refractivity (Wildman–Crippen MR) is 73.6 cm³/mol. The molecule has 0 spiro atoms. The number of aromatic nitrogens is 4. The van der Waals surface area contributed by atoms with Gasteiger partial charge in [0.25, 0.3) is 0 Å². The Morgan fingerprint density at radius 1 is 1.20 bits per heavy atom. The predicted octanol–water partition coefficient (Wildman–Crippen LogP) is -0.722. The summed E-state index contributed by atoms with van der Waals surface area (Å²) in [5, 5.41) is 11.0. The molecule has 0 aromatic carbocycles. The van der Waals surface area contributed by atoms with E-state index in [1.807, 2.05) is 7.05 Å². The minimum absolute atomic E-state index is 0.175. The molecule has 20 heavy (non-hydrogen) atoms. The van der Waals surface area contributed by atoms with Gasteiger partial charge in [-0.05, 0) is 13.1 Å². The lowest BCUT2D eigenvalue weighted by Crippen LogP contribution is -2.27. The monoisotopic (exact) mass is 298 g/mol. The van der Waals surface area contributed by atoms with E-state index in [4.69, 9.17) is 0 Å². The van der Waals surface area contributed by atoms with Crippen molar-refractivity contribution in [3.63, 3.8) is 0 Å². The molecular formula is C11H18N6O2S. The summed E-state index contributed by atoms with van der Waals surface area (Å²) in [6.07, 6.45) is 6.31. The Morgan fingerprint density at radius 3 is 2.70 bits per heavy atom. The molecule has 0 bridgehead atoms. The highest BCUT2D eigenvalue weighted by molar-refractivity contribution is 7.89. The van der Waals surface area contributed by atoms with E-state index < -0.39 is 10.0 Å².